The monoisotopic (exact) mass is 190 g/mol. The summed E-state index contributed by atoms with van der Waals surface area (Å²) in [5, 5.41) is 9.88. The van der Waals surface area contributed by atoms with Gasteiger partial charge in [-0.3, -0.25) is 0 Å². The quantitative estimate of drug-likeness (QED) is 0.717. The third-order valence-electron chi connectivity index (χ3n) is 3.31. The number of hydrogen-bond acceptors (Lipinski definition) is 1. The molecule has 1 atom stereocenters. The van der Waals surface area contributed by atoms with Gasteiger partial charge in [0.05, 0.1) is 0 Å². The Bertz CT molecular complexity index is 352. The second-order valence-electron chi connectivity index (χ2n) is 4.70. The Morgan fingerprint density at radius 3 is 2.71 bits per heavy atom. The van der Waals surface area contributed by atoms with E-state index in [9.17, 15) is 5.11 Å². The molecule has 0 bridgehead atoms. The maximum Gasteiger partial charge on any atom is 0.119 e. The summed E-state index contributed by atoms with van der Waals surface area (Å²) >= 11 is 0. The van der Waals surface area contributed by atoms with Crippen LogP contribution in [0.5, 0.6) is 5.75 Å². The van der Waals surface area contributed by atoms with E-state index in [1.807, 2.05) is 6.07 Å². The van der Waals surface area contributed by atoms with Crippen molar-refractivity contribution >= 4 is 0 Å². The highest BCUT2D eigenvalue weighted by molar-refractivity contribution is 5.48. The maximum atomic E-state index is 9.88. The van der Waals surface area contributed by atoms with Crippen LogP contribution in [0.1, 0.15) is 55.7 Å². The van der Waals surface area contributed by atoms with Crippen LogP contribution in [-0.2, 0) is 6.42 Å². The average Bonchev–Trinajstić information content (AvgIpc) is 2.48. The van der Waals surface area contributed by atoms with Crippen LogP contribution < -0.4 is 0 Å². The normalized spacial score (nSPS) is 20.1. The predicted molar refractivity (Wildman–Crippen MR) is 58.9 cm³/mol. The molecule has 1 aliphatic rings. The molecule has 1 aromatic carbocycles. The molecule has 1 N–H and O–H groups in total. The first-order valence-corrected chi connectivity index (χ1v) is 5.45. The Kier molecular flexibility index (Phi) is 2.26. The molecule has 0 amide bonds. The maximum absolute atomic E-state index is 9.88. The van der Waals surface area contributed by atoms with Crippen molar-refractivity contribution < 1.29 is 5.11 Å². The van der Waals surface area contributed by atoms with Gasteiger partial charge in [0.1, 0.15) is 5.75 Å². The molecule has 2 rings (SSSR count). The van der Waals surface area contributed by atoms with E-state index < -0.39 is 0 Å². The summed E-state index contributed by atoms with van der Waals surface area (Å²) in [5.74, 6) is 1.63. The van der Waals surface area contributed by atoms with Crippen molar-refractivity contribution in [2.45, 2.75) is 45.4 Å². The molecule has 1 nitrogen and oxygen atoms in total. The van der Waals surface area contributed by atoms with Gasteiger partial charge in [-0.1, -0.05) is 26.8 Å². The topological polar surface area (TPSA) is 20.2 Å². The summed E-state index contributed by atoms with van der Waals surface area (Å²) < 4.78 is 0. The molecule has 0 radical (unpaired) electrons. The molecule has 0 aromatic heterocycles. The minimum atomic E-state index is 0.499. The van der Waals surface area contributed by atoms with Crippen molar-refractivity contribution in [2.75, 3.05) is 0 Å². The first-order valence-electron chi connectivity index (χ1n) is 5.45. The third kappa shape index (κ3) is 1.41. The molecule has 0 spiro atoms. The Morgan fingerprint density at radius 1 is 1.36 bits per heavy atom. The first-order chi connectivity index (χ1) is 6.59. The van der Waals surface area contributed by atoms with E-state index in [-0.39, 0.29) is 0 Å². The van der Waals surface area contributed by atoms with Gasteiger partial charge >= 0.3 is 0 Å². The summed E-state index contributed by atoms with van der Waals surface area (Å²) in [4.78, 5) is 0. The highest BCUT2D eigenvalue weighted by Crippen LogP contribution is 2.39. The largest absolute Gasteiger partial charge is 0.508 e. The number of fused-ring (bicyclic) bond motifs is 1. The van der Waals surface area contributed by atoms with Crippen LogP contribution in [0, 0.1) is 0 Å². The fourth-order valence-electron chi connectivity index (χ4n) is 2.26. The van der Waals surface area contributed by atoms with Crippen molar-refractivity contribution in [3.05, 3.63) is 28.8 Å². The molecular formula is C13H18O. The van der Waals surface area contributed by atoms with Crippen LogP contribution in [0.4, 0.5) is 0 Å². The SMILES string of the molecule is CC(C)c1cc(O)c2c(c1)[C@@H](C)CC2. The lowest BCUT2D eigenvalue weighted by Gasteiger charge is -2.12. The van der Waals surface area contributed by atoms with Crippen LogP contribution in [0.3, 0.4) is 0 Å². The van der Waals surface area contributed by atoms with Crippen LogP contribution in [0.15, 0.2) is 12.1 Å². The number of phenols is 1. The molecule has 0 saturated heterocycles. The van der Waals surface area contributed by atoms with Crippen molar-refractivity contribution in [1.82, 2.24) is 0 Å². The van der Waals surface area contributed by atoms with E-state index in [1.165, 1.54) is 23.1 Å². The van der Waals surface area contributed by atoms with E-state index in [4.69, 9.17) is 0 Å². The Hall–Kier alpha value is -0.980. The number of phenolic OH excluding ortho intramolecular Hbond substituents is 1. The molecule has 1 aliphatic carbocycles. The molecule has 76 valence electrons. The second-order valence-corrected chi connectivity index (χ2v) is 4.70. The Morgan fingerprint density at radius 2 is 2.07 bits per heavy atom. The molecule has 0 unspecified atom stereocenters. The zero-order valence-corrected chi connectivity index (χ0v) is 9.17. The summed E-state index contributed by atoms with van der Waals surface area (Å²) in [6.45, 7) is 6.58. The average molecular weight is 190 g/mol. The molecular weight excluding hydrogens is 172 g/mol. The standard InChI is InChI=1S/C13H18O/c1-8(2)10-6-12-9(3)4-5-11(12)13(14)7-10/h6-9,14H,4-5H2,1-3H3/t9-/m0/s1. The lowest BCUT2D eigenvalue weighted by molar-refractivity contribution is 0.468. The molecule has 0 saturated carbocycles. The molecule has 1 heteroatoms. The highest BCUT2D eigenvalue weighted by Gasteiger charge is 2.22. The molecule has 1 aromatic rings. The molecule has 0 aliphatic heterocycles. The molecule has 0 fully saturated rings. The zero-order chi connectivity index (χ0) is 10.3. The fourth-order valence-corrected chi connectivity index (χ4v) is 2.26. The summed E-state index contributed by atoms with van der Waals surface area (Å²) in [6.07, 6.45) is 2.23. The van der Waals surface area contributed by atoms with Gasteiger partial charge < -0.3 is 5.11 Å². The molecule has 0 heterocycles. The van der Waals surface area contributed by atoms with Crippen LogP contribution in [-0.4, -0.2) is 5.11 Å². The number of benzene rings is 1. The van der Waals surface area contributed by atoms with Gasteiger partial charge in [0.2, 0.25) is 0 Å². The third-order valence-corrected chi connectivity index (χ3v) is 3.31. The summed E-state index contributed by atoms with van der Waals surface area (Å²) in [5.41, 5.74) is 3.81. The van der Waals surface area contributed by atoms with E-state index in [1.54, 1.807) is 0 Å². The van der Waals surface area contributed by atoms with Crippen LogP contribution in [0.2, 0.25) is 0 Å². The fraction of sp³-hybridized carbons (Fsp3) is 0.538. The van der Waals surface area contributed by atoms with E-state index >= 15 is 0 Å². The van der Waals surface area contributed by atoms with Gasteiger partial charge in [-0.2, -0.15) is 0 Å². The Labute approximate surface area is 85.8 Å². The predicted octanol–water partition coefficient (Wildman–Crippen LogP) is 3.57. The number of aromatic hydroxyl groups is 1. The first kappa shape index (κ1) is 9.57. The van der Waals surface area contributed by atoms with Crippen molar-refractivity contribution in [3.8, 4) is 5.75 Å². The van der Waals surface area contributed by atoms with Gasteiger partial charge in [0.25, 0.3) is 0 Å². The van der Waals surface area contributed by atoms with E-state index in [2.05, 4.69) is 26.8 Å². The van der Waals surface area contributed by atoms with Crippen molar-refractivity contribution in [3.63, 3.8) is 0 Å². The van der Waals surface area contributed by atoms with E-state index in [0.29, 0.717) is 17.6 Å². The molecule has 14 heavy (non-hydrogen) atoms. The number of hydrogen-bond donors (Lipinski definition) is 1. The lowest BCUT2D eigenvalue weighted by atomic mass is 9.95. The summed E-state index contributed by atoms with van der Waals surface area (Å²) in [7, 11) is 0. The van der Waals surface area contributed by atoms with Crippen molar-refractivity contribution in [2.24, 2.45) is 0 Å². The highest BCUT2D eigenvalue weighted by atomic mass is 16.3. The van der Waals surface area contributed by atoms with Gasteiger partial charge in [0.15, 0.2) is 0 Å². The summed E-state index contributed by atoms with van der Waals surface area (Å²) in [6, 6.07) is 4.21. The van der Waals surface area contributed by atoms with Gasteiger partial charge in [0, 0.05) is 0 Å². The van der Waals surface area contributed by atoms with E-state index in [0.717, 1.165) is 6.42 Å². The zero-order valence-electron chi connectivity index (χ0n) is 9.17. The smallest absolute Gasteiger partial charge is 0.119 e. The second kappa shape index (κ2) is 3.30. The lowest BCUT2D eigenvalue weighted by Crippen LogP contribution is -1.93. The van der Waals surface area contributed by atoms with Crippen LogP contribution in [0.25, 0.3) is 0 Å². The van der Waals surface area contributed by atoms with Gasteiger partial charge in [-0.15, -0.1) is 0 Å². The van der Waals surface area contributed by atoms with Crippen LogP contribution >= 0.6 is 0 Å². The Balaban J connectivity index is 2.52. The van der Waals surface area contributed by atoms with Crippen molar-refractivity contribution in [1.29, 1.82) is 0 Å². The minimum Gasteiger partial charge on any atom is -0.508 e. The minimum absolute atomic E-state index is 0.499. The number of rotatable bonds is 1. The van der Waals surface area contributed by atoms with Gasteiger partial charge in [-0.05, 0) is 47.4 Å². The van der Waals surface area contributed by atoms with Gasteiger partial charge in [-0.25, -0.2) is 0 Å².